The zero-order valence-corrected chi connectivity index (χ0v) is 65.6. The van der Waals surface area contributed by atoms with E-state index in [2.05, 4.69) is 55.5 Å². The Bertz CT molecular complexity index is 1430. The minimum Gasteiger partial charge on any atom is -0.390 e. The Kier molecular flexibility index (Phi) is 85.8. The van der Waals surface area contributed by atoms with Crippen LogP contribution >= 0.6 is 0 Å². The van der Waals surface area contributed by atoms with E-state index in [0.717, 1.165) is 65.1 Å². The Hall–Kier alpha value is -1.30. The lowest BCUT2D eigenvalue weighted by atomic mass is 10.0. The highest BCUT2D eigenvalue weighted by atomic mass is 16.3. The lowest BCUT2D eigenvalue weighted by Crippen LogP contribution is -2.41. The Morgan fingerprint density at radius 1 is 0.295 bits per heavy atom. The summed E-state index contributed by atoms with van der Waals surface area (Å²) >= 11 is 0. The van der Waals surface area contributed by atoms with E-state index in [1.807, 2.05) is 4.90 Å². The predicted molar refractivity (Wildman–Crippen MR) is 421 cm³/mol. The van der Waals surface area contributed by atoms with Crippen LogP contribution in [-0.4, -0.2) is 116 Å². The van der Waals surface area contributed by atoms with Gasteiger partial charge in [-0.05, 0) is 51.7 Å². The molecule has 0 aliphatic carbocycles. The van der Waals surface area contributed by atoms with E-state index >= 15 is 0 Å². The quantitative estimate of drug-likeness (QED) is 0.0331. The molecule has 10 nitrogen and oxygen atoms in total. The van der Waals surface area contributed by atoms with Crippen LogP contribution in [0.15, 0.2) is 0 Å². The monoisotopic (exact) mass is 1350 g/mol. The number of aliphatic hydroxyl groups is 2. The molecule has 0 fully saturated rings. The fourth-order valence-corrected chi connectivity index (χ4v) is 13.7. The second kappa shape index (κ2) is 85.1. The van der Waals surface area contributed by atoms with Gasteiger partial charge in [-0.25, -0.2) is 0 Å². The molecule has 0 rings (SSSR count). The van der Waals surface area contributed by atoms with Crippen molar-refractivity contribution >= 4 is 11.8 Å². The Morgan fingerprint density at radius 2 is 0.558 bits per heavy atom. The molecule has 2 atom stereocenters. The summed E-state index contributed by atoms with van der Waals surface area (Å²) in [5.41, 5.74) is 5.62. The molecule has 0 aromatic heterocycles. The third kappa shape index (κ3) is 81.6. The maximum absolute atomic E-state index is 12.8. The van der Waals surface area contributed by atoms with Crippen molar-refractivity contribution in [3.63, 3.8) is 0 Å². The van der Waals surface area contributed by atoms with Gasteiger partial charge in [-0.2, -0.15) is 0 Å². The van der Waals surface area contributed by atoms with Gasteiger partial charge in [0.2, 0.25) is 11.8 Å². The highest BCUT2D eigenvalue weighted by Gasteiger charge is 2.17. The summed E-state index contributed by atoms with van der Waals surface area (Å²) in [6.07, 6.45) is 85.8. The third-order valence-corrected chi connectivity index (χ3v) is 20.2. The smallest absolute Gasteiger partial charge is 0.223 e. The summed E-state index contributed by atoms with van der Waals surface area (Å²) in [5, 5.41) is 30.9. The fourth-order valence-electron chi connectivity index (χ4n) is 13.7. The summed E-state index contributed by atoms with van der Waals surface area (Å²) in [7, 11) is 0. The standard InChI is InChI=1S/C51H105N3O2.C34H71N3O2/c1-4-7-10-13-16-19-22-24-25-26-27-28-30-33-36-39-42-47-54(46-41-38-35-32-29-23-20-17-14-11-8-5-2)49-50(55)48-52-45-43-51(56)53-44-40-37-34-31-21-18-15-12-9-6-3;1-3-5-7-9-11-13-15-17-19-21-23-25-28-36-29-27-34(39)37(32-33(38)31-35)30-26-24-22-20-18-16-14-12-10-8-6-4-2/h50,52,55H,4-49H2,1-3H3,(H,53,56);33,36,38H,3-32,35H2,1-2H3. The van der Waals surface area contributed by atoms with E-state index in [9.17, 15) is 19.8 Å². The zero-order chi connectivity index (χ0) is 69.3. The molecule has 0 saturated heterocycles. The van der Waals surface area contributed by atoms with Crippen LogP contribution in [0.2, 0.25) is 0 Å². The second-order valence-electron chi connectivity index (χ2n) is 30.0. The molecule has 0 radical (unpaired) electrons. The minimum absolute atomic E-state index is 0.135. The number of aliphatic hydroxyl groups excluding tert-OH is 2. The van der Waals surface area contributed by atoms with Gasteiger partial charge in [0, 0.05) is 65.2 Å². The van der Waals surface area contributed by atoms with Crippen LogP contribution in [-0.2, 0) is 9.59 Å². The number of carbonyl (C=O) groups is 2. The Labute approximate surface area is 596 Å². The van der Waals surface area contributed by atoms with Gasteiger partial charge in [-0.1, -0.05) is 407 Å². The maximum Gasteiger partial charge on any atom is 0.223 e. The number of nitrogens with zero attached hydrogens (tertiary/aromatic N) is 2. The van der Waals surface area contributed by atoms with Crippen LogP contribution in [0.3, 0.4) is 0 Å². The predicted octanol–water partition coefficient (Wildman–Crippen LogP) is 23.5. The van der Waals surface area contributed by atoms with Crippen LogP contribution in [0.25, 0.3) is 0 Å². The van der Waals surface area contributed by atoms with Crippen LogP contribution in [0.5, 0.6) is 0 Å². The second-order valence-corrected chi connectivity index (χ2v) is 30.0. The fraction of sp³-hybridized carbons (Fsp3) is 0.976. The van der Waals surface area contributed by atoms with Crippen molar-refractivity contribution in [2.45, 2.75) is 464 Å². The van der Waals surface area contributed by atoms with E-state index < -0.39 is 6.10 Å². The summed E-state index contributed by atoms with van der Waals surface area (Å²) in [4.78, 5) is 29.5. The normalized spacial score (nSPS) is 12.2. The van der Waals surface area contributed by atoms with Crippen LogP contribution in [0.4, 0.5) is 0 Å². The van der Waals surface area contributed by atoms with Gasteiger partial charge in [0.05, 0.1) is 12.2 Å². The maximum atomic E-state index is 12.8. The number of hydrogen-bond donors (Lipinski definition) is 6. The molecule has 570 valence electrons. The van der Waals surface area contributed by atoms with Crippen LogP contribution in [0.1, 0.15) is 452 Å². The molecule has 0 aliphatic heterocycles. The highest BCUT2D eigenvalue weighted by molar-refractivity contribution is 5.76. The van der Waals surface area contributed by atoms with E-state index in [0.29, 0.717) is 32.5 Å². The first kappa shape index (κ1) is 95.8. The number of rotatable bonds is 81. The molecule has 0 heterocycles. The number of unbranched alkanes of at least 4 members (excludes halogenated alkanes) is 58. The first-order valence-electron chi connectivity index (χ1n) is 43.5. The number of nitrogens with one attached hydrogen (secondary N) is 3. The van der Waals surface area contributed by atoms with Gasteiger partial charge < -0.3 is 41.7 Å². The lowest BCUT2D eigenvalue weighted by Gasteiger charge is -2.25. The average Bonchev–Trinajstić information content (AvgIpc) is 3.25. The molecule has 0 bridgehead atoms. The molecule has 0 spiro atoms. The summed E-state index contributed by atoms with van der Waals surface area (Å²) in [6, 6.07) is 0. The largest absolute Gasteiger partial charge is 0.390 e. The third-order valence-electron chi connectivity index (χ3n) is 20.2. The first-order chi connectivity index (χ1) is 46.8. The van der Waals surface area contributed by atoms with Crippen LogP contribution in [0, 0.1) is 0 Å². The van der Waals surface area contributed by atoms with Gasteiger partial charge in [0.25, 0.3) is 0 Å². The van der Waals surface area contributed by atoms with Gasteiger partial charge in [0.15, 0.2) is 0 Å². The zero-order valence-electron chi connectivity index (χ0n) is 65.6. The molecule has 2 unspecified atom stereocenters. The van der Waals surface area contributed by atoms with Crippen molar-refractivity contribution in [1.82, 2.24) is 25.8 Å². The van der Waals surface area contributed by atoms with Crippen LogP contribution < -0.4 is 21.7 Å². The van der Waals surface area contributed by atoms with Crippen molar-refractivity contribution in [2.75, 3.05) is 72.0 Å². The van der Waals surface area contributed by atoms with Crippen molar-refractivity contribution in [1.29, 1.82) is 0 Å². The van der Waals surface area contributed by atoms with Crippen molar-refractivity contribution in [2.24, 2.45) is 5.73 Å². The summed E-state index contributed by atoms with van der Waals surface area (Å²) in [6.45, 7) is 19.4. The summed E-state index contributed by atoms with van der Waals surface area (Å²) in [5.74, 6) is 0.281. The number of nitrogens with two attached hydrogens (primary N) is 1. The Morgan fingerprint density at radius 3 is 0.863 bits per heavy atom. The lowest BCUT2D eigenvalue weighted by molar-refractivity contribution is -0.132. The van der Waals surface area contributed by atoms with Gasteiger partial charge in [-0.15, -0.1) is 0 Å². The summed E-state index contributed by atoms with van der Waals surface area (Å²) < 4.78 is 0. The molecule has 0 aliphatic rings. The molecular weight excluding hydrogens is 1170 g/mol. The minimum atomic E-state index is -0.625. The first-order valence-corrected chi connectivity index (χ1v) is 43.5. The average molecular weight is 1350 g/mol. The van der Waals surface area contributed by atoms with E-state index in [-0.39, 0.29) is 24.5 Å². The molecule has 95 heavy (non-hydrogen) atoms. The van der Waals surface area contributed by atoms with Gasteiger partial charge in [0.1, 0.15) is 0 Å². The molecule has 0 saturated carbocycles. The highest BCUT2D eigenvalue weighted by Crippen LogP contribution is 2.19. The number of amides is 2. The SMILES string of the molecule is CCCCCCCCCCCCCCCCCCCN(CCCCCCCCCCCCCC)CC(O)CNCCC(=O)NCCCCCCCCCCCC.CCCCCCCCCCCCCCNCCC(=O)N(CCCCCCCCCCCCCC)CC(O)CN. The number of hydrogen-bond acceptors (Lipinski definition) is 8. The van der Waals surface area contributed by atoms with Crippen molar-refractivity contribution in [3.8, 4) is 0 Å². The topological polar surface area (TPSA) is 143 Å². The van der Waals surface area contributed by atoms with Crippen molar-refractivity contribution in [3.05, 3.63) is 0 Å². The Balaban J connectivity index is 0. The van der Waals surface area contributed by atoms with Gasteiger partial charge >= 0.3 is 0 Å². The molecular formula is C85H176N6O4. The van der Waals surface area contributed by atoms with E-state index in [4.69, 9.17) is 5.73 Å². The van der Waals surface area contributed by atoms with E-state index in [1.165, 1.54) is 385 Å². The molecule has 0 aromatic carbocycles. The van der Waals surface area contributed by atoms with E-state index in [1.54, 1.807) is 0 Å². The molecule has 2 amide bonds. The van der Waals surface area contributed by atoms with Gasteiger partial charge in [-0.3, -0.25) is 9.59 Å². The molecule has 10 heteroatoms. The molecule has 0 aromatic rings. The molecule has 7 N–H and O–H groups in total. The van der Waals surface area contributed by atoms with Crippen molar-refractivity contribution < 1.29 is 19.8 Å². The number of carbonyl (C=O) groups excluding carboxylic acids is 2.